The molecule has 6 heteroatoms. The molecule has 0 saturated heterocycles. The van der Waals surface area contributed by atoms with Gasteiger partial charge < -0.3 is 4.74 Å². The van der Waals surface area contributed by atoms with Crippen LogP contribution in [-0.2, 0) is 11.8 Å². The van der Waals surface area contributed by atoms with Gasteiger partial charge in [-0.1, -0.05) is 0 Å². The molecule has 0 atom stereocenters. The van der Waals surface area contributed by atoms with Gasteiger partial charge in [0.25, 0.3) is 0 Å². The molecule has 0 bridgehead atoms. The zero-order valence-electron chi connectivity index (χ0n) is 9.45. The molecule has 2 rings (SSSR count). The van der Waals surface area contributed by atoms with E-state index in [2.05, 4.69) is 14.8 Å². The molecule has 0 aromatic carbocycles. The zero-order valence-corrected chi connectivity index (χ0v) is 10.3. The molecule has 0 radical (unpaired) electrons. The van der Waals surface area contributed by atoms with E-state index in [0.29, 0.717) is 4.88 Å². The average Bonchev–Trinajstić information content (AvgIpc) is 2.94. The molecular formula is C11H11N3O2S. The molecule has 0 amide bonds. The third kappa shape index (κ3) is 2.79. The molecular weight excluding hydrogens is 238 g/mol. The van der Waals surface area contributed by atoms with E-state index in [1.54, 1.807) is 10.9 Å². The molecule has 0 N–H and O–H groups in total. The highest BCUT2D eigenvalue weighted by Crippen LogP contribution is 2.16. The largest absolute Gasteiger partial charge is 0.465 e. The van der Waals surface area contributed by atoms with E-state index in [4.69, 9.17) is 0 Å². The van der Waals surface area contributed by atoms with E-state index >= 15 is 0 Å². The molecule has 0 aliphatic heterocycles. The third-order valence-corrected chi connectivity index (χ3v) is 3.00. The molecule has 0 aliphatic carbocycles. The Morgan fingerprint density at radius 1 is 1.47 bits per heavy atom. The summed E-state index contributed by atoms with van der Waals surface area (Å²) in [4.78, 5) is 15.8. The number of esters is 1. The first-order valence-electron chi connectivity index (χ1n) is 4.90. The number of aryl methyl sites for hydroxylation is 1. The van der Waals surface area contributed by atoms with Crippen LogP contribution in [0.1, 0.15) is 20.2 Å². The highest BCUT2D eigenvalue weighted by molar-refractivity contribution is 7.14. The van der Waals surface area contributed by atoms with Gasteiger partial charge in [-0.05, 0) is 12.2 Å². The van der Waals surface area contributed by atoms with Crippen molar-refractivity contribution in [3.05, 3.63) is 34.0 Å². The molecule has 17 heavy (non-hydrogen) atoms. The standard InChI is InChI=1S/C11H11N3O2S/c1-14-7-8(5-13-14)3-4-10-12-6-9(17-10)11(15)16-2/h3-7H,1-2H3. The quantitative estimate of drug-likeness (QED) is 0.779. The smallest absolute Gasteiger partial charge is 0.349 e. The second-order valence-corrected chi connectivity index (χ2v) is 4.40. The number of aromatic nitrogens is 3. The maximum Gasteiger partial charge on any atom is 0.349 e. The Morgan fingerprint density at radius 3 is 2.94 bits per heavy atom. The maximum absolute atomic E-state index is 11.2. The van der Waals surface area contributed by atoms with Crippen LogP contribution in [0, 0.1) is 0 Å². The van der Waals surface area contributed by atoms with Gasteiger partial charge in [-0.3, -0.25) is 4.68 Å². The van der Waals surface area contributed by atoms with Crippen LogP contribution in [0.25, 0.3) is 12.2 Å². The fourth-order valence-corrected chi connectivity index (χ4v) is 1.99. The van der Waals surface area contributed by atoms with Crippen LogP contribution in [0.5, 0.6) is 0 Å². The fraction of sp³-hybridized carbons (Fsp3) is 0.182. The minimum atomic E-state index is -0.358. The normalized spacial score (nSPS) is 10.9. The molecule has 88 valence electrons. The first-order valence-corrected chi connectivity index (χ1v) is 5.71. The van der Waals surface area contributed by atoms with Crippen molar-refractivity contribution in [2.24, 2.45) is 7.05 Å². The average molecular weight is 249 g/mol. The number of ether oxygens (including phenoxy) is 1. The van der Waals surface area contributed by atoms with Crippen molar-refractivity contribution in [2.45, 2.75) is 0 Å². The lowest BCUT2D eigenvalue weighted by Crippen LogP contribution is -1.96. The molecule has 5 nitrogen and oxygen atoms in total. The van der Waals surface area contributed by atoms with Crippen LogP contribution in [-0.4, -0.2) is 27.8 Å². The Bertz CT molecular complexity index is 557. The zero-order chi connectivity index (χ0) is 12.3. The van der Waals surface area contributed by atoms with E-state index in [9.17, 15) is 4.79 Å². The Balaban J connectivity index is 2.11. The van der Waals surface area contributed by atoms with Gasteiger partial charge in [0, 0.05) is 18.8 Å². The second kappa shape index (κ2) is 4.92. The van der Waals surface area contributed by atoms with Gasteiger partial charge >= 0.3 is 5.97 Å². The SMILES string of the molecule is COC(=O)c1cnc(C=Cc2cnn(C)c2)s1. The van der Waals surface area contributed by atoms with Gasteiger partial charge in [-0.25, -0.2) is 9.78 Å². The van der Waals surface area contributed by atoms with Gasteiger partial charge in [0.2, 0.25) is 0 Å². The van der Waals surface area contributed by atoms with Crippen LogP contribution in [0.2, 0.25) is 0 Å². The minimum Gasteiger partial charge on any atom is -0.465 e. The molecule has 0 saturated carbocycles. The molecule has 0 spiro atoms. The molecule has 0 unspecified atom stereocenters. The molecule has 2 heterocycles. The number of hydrogen-bond donors (Lipinski definition) is 0. The van der Waals surface area contributed by atoms with Crippen molar-refractivity contribution < 1.29 is 9.53 Å². The lowest BCUT2D eigenvalue weighted by atomic mass is 10.3. The minimum absolute atomic E-state index is 0.358. The van der Waals surface area contributed by atoms with Crippen LogP contribution in [0.4, 0.5) is 0 Å². The number of carbonyl (C=O) groups is 1. The predicted octanol–water partition coefficient (Wildman–Crippen LogP) is 1.83. The summed E-state index contributed by atoms with van der Waals surface area (Å²) in [6.07, 6.45) is 8.90. The number of hydrogen-bond acceptors (Lipinski definition) is 5. The van der Waals surface area contributed by atoms with Crippen molar-refractivity contribution in [2.75, 3.05) is 7.11 Å². The van der Waals surface area contributed by atoms with Crippen LogP contribution >= 0.6 is 11.3 Å². The van der Waals surface area contributed by atoms with Crippen molar-refractivity contribution >= 4 is 29.5 Å². The lowest BCUT2D eigenvalue weighted by molar-refractivity contribution is 0.0606. The Hall–Kier alpha value is -1.95. The summed E-state index contributed by atoms with van der Waals surface area (Å²) in [5.74, 6) is -0.358. The summed E-state index contributed by atoms with van der Waals surface area (Å²) in [6, 6.07) is 0. The van der Waals surface area contributed by atoms with Crippen molar-refractivity contribution in [1.29, 1.82) is 0 Å². The van der Waals surface area contributed by atoms with E-state index in [1.165, 1.54) is 24.6 Å². The van der Waals surface area contributed by atoms with E-state index < -0.39 is 0 Å². The Kier molecular flexibility index (Phi) is 3.34. The summed E-state index contributed by atoms with van der Waals surface area (Å²) < 4.78 is 6.33. The van der Waals surface area contributed by atoms with Crippen LogP contribution in [0.15, 0.2) is 18.6 Å². The van der Waals surface area contributed by atoms with E-state index in [0.717, 1.165) is 10.6 Å². The maximum atomic E-state index is 11.2. The molecule has 2 aromatic rings. The van der Waals surface area contributed by atoms with E-state index in [-0.39, 0.29) is 5.97 Å². The van der Waals surface area contributed by atoms with Gasteiger partial charge in [0.05, 0.1) is 19.5 Å². The predicted molar refractivity (Wildman–Crippen MR) is 65.6 cm³/mol. The number of methoxy groups -OCH3 is 1. The summed E-state index contributed by atoms with van der Waals surface area (Å²) in [7, 11) is 3.21. The van der Waals surface area contributed by atoms with Gasteiger partial charge in [0.1, 0.15) is 9.88 Å². The van der Waals surface area contributed by atoms with E-state index in [1.807, 2.05) is 25.4 Å². The molecule has 0 aliphatic rings. The lowest BCUT2D eigenvalue weighted by Gasteiger charge is -1.90. The third-order valence-electron chi connectivity index (χ3n) is 2.05. The topological polar surface area (TPSA) is 57.0 Å². The van der Waals surface area contributed by atoms with Crippen LogP contribution < -0.4 is 0 Å². The number of nitrogens with zero attached hydrogens (tertiary/aromatic N) is 3. The van der Waals surface area contributed by atoms with Gasteiger partial charge in [-0.2, -0.15) is 5.10 Å². The summed E-state index contributed by atoms with van der Waals surface area (Å²) >= 11 is 1.29. The van der Waals surface area contributed by atoms with Crippen LogP contribution in [0.3, 0.4) is 0 Å². The summed E-state index contributed by atoms with van der Waals surface area (Å²) in [6.45, 7) is 0. The fourth-order valence-electron chi connectivity index (χ4n) is 1.25. The van der Waals surface area contributed by atoms with Crippen molar-refractivity contribution in [1.82, 2.24) is 14.8 Å². The monoisotopic (exact) mass is 249 g/mol. The number of carbonyl (C=O) groups excluding carboxylic acids is 1. The highest BCUT2D eigenvalue weighted by atomic mass is 32.1. The summed E-state index contributed by atoms with van der Waals surface area (Å²) in [5.41, 5.74) is 0.988. The van der Waals surface area contributed by atoms with Gasteiger partial charge in [-0.15, -0.1) is 11.3 Å². The van der Waals surface area contributed by atoms with Crippen molar-refractivity contribution in [3.63, 3.8) is 0 Å². The first kappa shape index (κ1) is 11.5. The summed E-state index contributed by atoms with van der Waals surface area (Å²) in [5, 5.41) is 4.81. The molecule has 0 fully saturated rings. The molecule has 2 aromatic heterocycles. The van der Waals surface area contributed by atoms with Crippen molar-refractivity contribution in [3.8, 4) is 0 Å². The number of thiazole rings is 1. The highest BCUT2D eigenvalue weighted by Gasteiger charge is 2.08. The Labute approximate surface area is 102 Å². The number of rotatable bonds is 3. The Morgan fingerprint density at radius 2 is 2.29 bits per heavy atom. The van der Waals surface area contributed by atoms with Gasteiger partial charge in [0.15, 0.2) is 0 Å². The second-order valence-electron chi connectivity index (χ2n) is 3.34. The first-order chi connectivity index (χ1) is 8.19.